The van der Waals surface area contributed by atoms with Gasteiger partial charge in [-0.05, 0) is 37.0 Å². The van der Waals surface area contributed by atoms with E-state index in [9.17, 15) is 9.59 Å². The molecule has 0 saturated carbocycles. The third-order valence-electron chi connectivity index (χ3n) is 3.75. The molecule has 4 heteroatoms. The van der Waals surface area contributed by atoms with Crippen molar-refractivity contribution in [3.8, 4) is 11.3 Å². The molecule has 0 radical (unpaired) electrons. The summed E-state index contributed by atoms with van der Waals surface area (Å²) in [6.07, 6.45) is 0.733. The Morgan fingerprint density at radius 1 is 1.19 bits per heavy atom. The van der Waals surface area contributed by atoms with Gasteiger partial charge in [0.25, 0.3) is 5.56 Å². The van der Waals surface area contributed by atoms with Crippen LogP contribution in [0.4, 0.5) is 0 Å². The number of H-pyrrole nitrogens is 1. The minimum atomic E-state index is -0.365. The van der Waals surface area contributed by atoms with Crippen molar-refractivity contribution >= 4 is 5.78 Å². The van der Waals surface area contributed by atoms with Gasteiger partial charge < -0.3 is 10.7 Å². The molecule has 4 nitrogen and oxygen atoms in total. The second kappa shape index (κ2) is 6.06. The first kappa shape index (κ1) is 15.2. The van der Waals surface area contributed by atoms with E-state index in [2.05, 4.69) is 4.98 Å². The summed E-state index contributed by atoms with van der Waals surface area (Å²) in [7, 11) is 0. The number of aryl methyl sites for hydroxylation is 1. The van der Waals surface area contributed by atoms with E-state index < -0.39 is 0 Å². The maximum atomic E-state index is 12.2. The summed E-state index contributed by atoms with van der Waals surface area (Å²) in [5, 5.41) is 0. The molecule has 1 heterocycles. The highest BCUT2D eigenvalue weighted by Crippen LogP contribution is 2.25. The zero-order valence-electron chi connectivity index (χ0n) is 12.6. The largest absolute Gasteiger partial charge is 0.324 e. The first-order valence-corrected chi connectivity index (χ1v) is 7.05. The van der Waals surface area contributed by atoms with E-state index in [0.29, 0.717) is 0 Å². The molecule has 1 aromatic carbocycles. The number of ketones is 1. The molecule has 0 amide bonds. The summed E-state index contributed by atoms with van der Waals surface area (Å²) >= 11 is 0. The highest BCUT2D eigenvalue weighted by Gasteiger charge is 2.18. The molecule has 2 rings (SSSR count). The maximum absolute atomic E-state index is 12.2. The number of aromatic nitrogens is 1. The van der Waals surface area contributed by atoms with Crippen molar-refractivity contribution in [2.24, 2.45) is 5.73 Å². The van der Waals surface area contributed by atoms with Crippen LogP contribution >= 0.6 is 0 Å². The van der Waals surface area contributed by atoms with Crippen molar-refractivity contribution in [1.82, 2.24) is 4.98 Å². The molecule has 0 aliphatic rings. The second-order valence-electron chi connectivity index (χ2n) is 5.15. The van der Waals surface area contributed by atoms with Gasteiger partial charge in [0.1, 0.15) is 0 Å². The van der Waals surface area contributed by atoms with Gasteiger partial charge in [0.15, 0.2) is 5.78 Å². The van der Waals surface area contributed by atoms with Gasteiger partial charge in [-0.15, -0.1) is 0 Å². The summed E-state index contributed by atoms with van der Waals surface area (Å²) in [5.41, 5.74) is 9.82. The van der Waals surface area contributed by atoms with Gasteiger partial charge in [0.2, 0.25) is 0 Å². The van der Waals surface area contributed by atoms with Gasteiger partial charge in [-0.1, -0.05) is 36.8 Å². The average Bonchev–Trinajstić information content (AvgIpc) is 2.47. The zero-order chi connectivity index (χ0) is 15.6. The molecule has 0 bridgehead atoms. The molecule has 21 heavy (non-hydrogen) atoms. The molecule has 0 saturated heterocycles. The molecule has 110 valence electrons. The molecule has 0 unspecified atom stereocenters. The number of carbonyl (C=O) groups is 1. The van der Waals surface area contributed by atoms with Crippen LogP contribution in [-0.2, 0) is 6.42 Å². The number of nitrogens with two attached hydrogens (primary N) is 1. The van der Waals surface area contributed by atoms with Crippen LogP contribution in [0, 0.1) is 13.8 Å². The first-order valence-electron chi connectivity index (χ1n) is 7.05. The van der Waals surface area contributed by atoms with E-state index in [-0.39, 0.29) is 23.5 Å². The summed E-state index contributed by atoms with van der Waals surface area (Å²) in [5.74, 6) is -0.320. The van der Waals surface area contributed by atoms with Gasteiger partial charge in [0.05, 0.1) is 17.8 Å². The van der Waals surface area contributed by atoms with E-state index in [1.165, 1.54) is 0 Å². The number of hydrogen-bond donors (Lipinski definition) is 2. The third-order valence-corrected chi connectivity index (χ3v) is 3.75. The van der Waals surface area contributed by atoms with E-state index in [4.69, 9.17) is 5.73 Å². The summed E-state index contributed by atoms with van der Waals surface area (Å²) in [6.45, 7) is 5.68. The fourth-order valence-corrected chi connectivity index (χ4v) is 2.61. The number of carbonyl (C=O) groups excluding carboxylic acids is 1. The van der Waals surface area contributed by atoms with Crippen molar-refractivity contribution < 1.29 is 4.79 Å². The Morgan fingerprint density at radius 2 is 1.81 bits per heavy atom. The second-order valence-corrected chi connectivity index (χ2v) is 5.15. The fraction of sp³-hybridized carbons (Fsp3) is 0.294. The topological polar surface area (TPSA) is 76.0 Å². The van der Waals surface area contributed by atoms with Crippen molar-refractivity contribution in [2.45, 2.75) is 27.2 Å². The monoisotopic (exact) mass is 284 g/mol. The maximum Gasteiger partial charge on any atom is 0.259 e. The smallest absolute Gasteiger partial charge is 0.259 e. The fourth-order valence-electron chi connectivity index (χ4n) is 2.61. The lowest BCUT2D eigenvalue weighted by Crippen LogP contribution is -2.26. The first-order chi connectivity index (χ1) is 9.99. The highest BCUT2D eigenvalue weighted by atomic mass is 16.1. The lowest BCUT2D eigenvalue weighted by molar-refractivity contribution is 0.0999. The Hall–Kier alpha value is -2.20. The van der Waals surface area contributed by atoms with Gasteiger partial charge >= 0.3 is 0 Å². The Bertz CT molecular complexity index is 728. The van der Waals surface area contributed by atoms with Crippen LogP contribution < -0.4 is 11.3 Å². The van der Waals surface area contributed by atoms with Crippen LogP contribution in [0.25, 0.3) is 11.3 Å². The predicted octanol–water partition coefficient (Wildman–Crippen LogP) is 2.36. The van der Waals surface area contributed by atoms with Gasteiger partial charge in [0, 0.05) is 0 Å². The van der Waals surface area contributed by atoms with Gasteiger partial charge in [-0.3, -0.25) is 9.59 Å². The Kier molecular flexibility index (Phi) is 4.38. The SMILES string of the molecule is CCc1c(-c2ccc(C)cc2)[nH]c(=O)c(C(=O)CN)c1C. The molecular weight excluding hydrogens is 264 g/mol. The number of rotatable bonds is 4. The molecule has 0 aliphatic heterocycles. The van der Waals surface area contributed by atoms with Crippen LogP contribution in [0.1, 0.15) is 34.0 Å². The van der Waals surface area contributed by atoms with Crippen molar-refractivity contribution in [3.05, 3.63) is 56.9 Å². The zero-order valence-corrected chi connectivity index (χ0v) is 12.6. The predicted molar refractivity (Wildman–Crippen MR) is 84.7 cm³/mol. The average molecular weight is 284 g/mol. The molecule has 3 N–H and O–H groups in total. The normalized spacial score (nSPS) is 10.7. The number of hydrogen-bond acceptors (Lipinski definition) is 3. The highest BCUT2D eigenvalue weighted by molar-refractivity contribution is 5.99. The van der Waals surface area contributed by atoms with Crippen molar-refractivity contribution in [1.29, 1.82) is 0 Å². The third kappa shape index (κ3) is 2.81. The molecule has 0 spiro atoms. The van der Waals surface area contributed by atoms with Crippen molar-refractivity contribution in [3.63, 3.8) is 0 Å². The van der Waals surface area contributed by atoms with Gasteiger partial charge in [-0.25, -0.2) is 0 Å². The number of benzene rings is 1. The molecule has 0 aliphatic carbocycles. The Balaban J connectivity index is 2.71. The number of pyridine rings is 1. The van der Waals surface area contributed by atoms with E-state index in [1.807, 2.05) is 45.0 Å². The molecular formula is C17H20N2O2. The Morgan fingerprint density at radius 3 is 2.33 bits per heavy atom. The number of nitrogens with one attached hydrogen (secondary N) is 1. The standard InChI is InChI=1S/C17H20N2O2/c1-4-13-11(3)15(14(20)9-18)17(21)19-16(13)12-7-5-10(2)6-8-12/h5-8H,4,9,18H2,1-3H3,(H,19,21). The van der Waals surface area contributed by atoms with Crippen LogP contribution in [0.5, 0.6) is 0 Å². The summed E-state index contributed by atoms with van der Waals surface area (Å²) < 4.78 is 0. The van der Waals surface area contributed by atoms with E-state index in [1.54, 1.807) is 0 Å². The van der Waals surface area contributed by atoms with Crippen molar-refractivity contribution in [2.75, 3.05) is 6.54 Å². The van der Waals surface area contributed by atoms with Gasteiger partial charge in [-0.2, -0.15) is 0 Å². The summed E-state index contributed by atoms with van der Waals surface area (Å²) in [4.78, 5) is 27.0. The molecule has 0 fully saturated rings. The van der Waals surface area contributed by atoms with Crippen LogP contribution in [-0.4, -0.2) is 17.3 Å². The minimum Gasteiger partial charge on any atom is -0.324 e. The van der Waals surface area contributed by atoms with Crippen LogP contribution in [0.2, 0.25) is 0 Å². The molecule has 1 aromatic heterocycles. The van der Waals surface area contributed by atoms with Crippen LogP contribution in [0.15, 0.2) is 29.1 Å². The lowest BCUT2D eigenvalue weighted by atomic mass is 9.94. The number of aromatic amines is 1. The minimum absolute atomic E-state index is 0.156. The summed E-state index contributed by atoms with van der Waals surface area (Å²) in [6, 6.07) is 7.95. The van der Waals surface area contributed by atoms with E-state index in [0.717, 1.165) is 34.4 Å². The van der Waals surface area contributed by atoms with E-state index >= 15 is 0 Å². The quantitative estimate of drug-likeness (QED) is 0.846. The Labute approximate surface area is 124 Å². The molecule has 2 aromatic rings. The number of Topliss-reactive ketones (excluding diaryl/α,β-unsaturated/α-hetero) is 1. The van der Waals surface area contributed by atoms with Crippen LogP contribution in [0.3, 0.4) is 0 Å². The lowest BCUT2D eigenvalue weighted by Gasteiger charge is -2.14. The molecule has 0 atom stereocenters.